The van der Waals surface area contributed by atoms with Crippen molar-refractivity contribution >= 4 is 49.6 Å². The van der Waals surface area contributed by atoms with Crippen LogP contribution in [0.5, 0.6) is 0 Å². The molecule has 0 bridgehead atoms. The molecule has 0 aliphatic heterocycles. The minimum atomic E-state index is -0.446. The highest BCUT2D eigenvalue weighted by molar-refractivity contribution is 6.10. The SMILES string of the molecule is c1ccc(-n2c3ccccc3c3ccc(N(c4ccc(-c5cccc6c5-c5ccccc5C6(c5ccccc5)c5ccccc5)cc4)c4ccc5ccccc5c4)cc32)cc1. The summed E-state index contributed by atoms with van der Waals surface area (Å²) >= 11 is 0. The number of benzene rings is 10. The van der Waals surface area contributed by atoms with Crippen LogP contribution >= 0.6 is 0 Å². The maximum absolute atomic E-state index is 2.41. The number of anilines is 3. The Morgan fingerprint density at radius 3 is 1.67 bits per heavy atom. The average Bonchev–Trinajstić information content (AvgIpc) is 3.83. The third-order valence-electron chi connectivity index (χ3n) is 12.8. The standard InChI is InChI=1S/C59H40N2/c1-4-19-44(20-5-1)59(45-21-6-2-7-22-45)54-28-14-12-26-53(54)58-50(27-16-29-55(58)59)42-32-34-47(35-33-42)60(48-36-31-41-17-10-11-18-43(41)39-48)49-37-38-52-51-25-13-15-30-56(51)61(57(52)40-49)46-23-8-3-9-24-46/h1-40H. The van der Waals surface area contributed by atoms with Crippen LogP contribution in [-0.4, -0.2) is 4.57 Å². The fourth-order valence-corrected chi connectivity index (χ4v) is 10.2. The van der Waals surface area contributed by atoms with E-state index < -0.39 is 5.41 Å². The summed E-state index contributed by atoms with van der Waals surface area (Å²) < 4.78 is 2.40. The Kier molecular flexibility index (Phi) is 8.11. The van der Waals surface area contributed by atoms with Crippen molar-refractivity contribution in [1.82, 2.24) is 4.57 Å². The topological polar surface area (TPSA) is 8.17 Å². The fourth-order valence-electron chi connectivity index (χ4n) is 10.2. The fraction of sp³-hybridized carbons (Fsp3) is 0.0169. The van der Waals surface area contributed by atoms with Crippen molar-refractivity contribution in [2.45, 2.75) is 5.41 Å². The van der Waals surface area contributed by atoms with Crippen LogP contribution in [0.25, 0.3) is 60.5 Å². The van der Waals surface area contributed by atoms with Crippen LogP contribution in [0.15, 0.2) is 243 Å². The van der Waals surface area contributed by atoms with E-state index in [1.807, 2.05) is 0 Å². The molecule has 10 aromatic carbocycles. The molecule has 2 heteroatoms. The van der Waals surface area contributed by atoms with E-state index >= 15 is 0 Å². The first-order valence-corrected chi connectivity index (χ1v) is 21.1. The Balaban J connectivity index is 1.04. The van der Waals surface area contributed by atoms with Crippen molar-refractivity contribution in [1.29, 1.82) is 0 Å². The first-order chi connectivity index (χ1) is 30.3. The highest BCUT2D eigenvalue weighted by Crippen LogP contribution is 2.58. The van der Waals surface area contributed by atoms with Gasteiger partial charge in [0.1, 0.15) is 0 Å². The van der Waals surface area contributed by atoms with Gasteiger partial charge in [-0.3, -0.25) is 0 Å². The van der Waals surface area contributed by atoms with Crippen LogP contribution in [0.4, 0.5) is 17.1 Å². The van der Waals surface area contributed by atoms with Gasteiger partial charge in [0.2, 0.25) is 0 Å². The zero-order valence-electron chi connectivity index (χ0n) is 33.5. The average molecular weight is 777 g/mol. The molecule has 1 aliphatic rings. The van der Waals surface area contributed by atoms with E-state index in [0.29, 0.717) is 0 Å². The molecule has 0 atom stereocenters. The first-order valence-electron chi connectivity index (χ1n) is 21.1. The van der Waals surface area contributed by atoms with Crippen molar-refractivity contribution in [3.05, 3.63) is 265 Å². The number of fused-ring (bicyclic) bond motifs is 7. The lowest BCUT2D eigenvalue weighted by atomic mass is 9.67. The third-order valence-corrected chi connectivity index (χ3v) is 12.8. The maximum atomic E-state index is 2.41. The molecule has 0 fully saturated rings. The summed E-state index contributed by atoms with van der Waals surface area (Å²) in [5.41, 5.74) is 16.5. The zero-order chi connectivity index (χ0) is 40.3. The van der Waals surface area contributed by atoms with E-state index in [1.54, 1.807) is 0 Å². The van der Waals surface area contributed by atoms with Crippen LogP contribution in [0.2, 0.25) is 0 Å². The molecule has 1 aliphatic carbocycles. The van der Waals surface area contributed by atoms with Gasteiger partial charge in [-0.25, -0.2) is 0 Å². The second-order valence-corrected chi connectivity index (χ2v) is 16.1. The van der Waals surface area contributed by atoms with Gasteiger partial charge in [-0.1, -0.05) is 188 Å². The molecule has 0 spiro atoms. The van der Waals surface area contributed by atoms with E-state index in [0.717, 1.165) is 22.7 Å². The minimum Gasteiger partial charge on any atom is -0.310 e. The van der Waals surface area contributed by atoms with Gasteiger partial charge < -0.3 is 9.47 Å². The lowest BCUT2D eigenvalue weighted by Gasteiger charge is -2.34. The van der Waals surface area contributed by atoms with Gasteiger partial charge in [-0.15, -0.1) is 0 Å². The number of rotatable bonds is 7. The molecule has 0 unspecified atom stereocenters. The monoisotopic (exact) mass is 776 g/mol. The van der Waals surface area contributed by atoms with Gasteiger partial charge in [0.15, 0.2) is 0 Å². The molecular formula is C59H40N2. The Morgan fingerprint density at radius 1 is 0.344 bits per heavy atom. The summed E-state index contributed by atoms with van der Waals surface area (Å²) in [6, 6.07) is 89.0. The van der Waals surface area contributed by atoms with E-state index in [1.165, 1.54) is 77.1 Å². The molecule has 0 radical (unpaired) electrons. The second kappa shape index (κ2) is 14.1. The van der Waals surface area contributed by atoms with Gasteiger partial charge in [0, 0.05) is 33.5 Å². The smallest absolute Gasteiger partial charge is 0.0713 e. The van der Waals surface area contributed by atoms with Gasteiger partial charge >= 0.3 is 0 Å². The molecule has 0 saturated carbocycles. The molecule has 11 aromatic rings. The van der Waals surface area contributed by atoms with Gasteiger partial charge in [0.25, 0.3) is 0 Å². The minimum absolute atomic E-state index is 0.446. The normalized spacial score (nSPS) is 12.7. The molecule has 0 N–H and O–H groups in total. The van der Waals surface area contributed by atoms with E-state index in [-0.39, 0.29) is 0 Å². The summed E-state index contributed by atoms with van der Waals surface area (Å²) in [5.74, 6) is 0. The van der Waals surface area contributed by atoms with Gasteiger partial charge in [-0.05, 0) is 110 Å². The Hall–Kier alpha value is -7.94. The van der Waals surface area contributed by atoms with Crippen molar-refractivity contribution in [2.24, 2.45) is 0 Å². The van der Waals surface area contributed by atoms with Crippen molar-refractivity contribution in [3.8, 4) is 27.9 Å². The molecule has 1 heterocycles. The van der Waals surface area contributed by atoms with Crippen molar-refractivity contribution < 1.29 is 0 Å². The summed E-state index contributed by atoms with van der Waals surface area (Å²) in [6.07, 6.45) is 0. The first kappa shape index (κ1) is 35.0. The number of para-hydroxylation sites is 2. The predicted molar refractivity (Wildman–Crippen MR) is 256 cm³/mol. The predicted octanol–water partition coefficient (Wildman–Crippen LogP) is 15.4. The number of nitrogens with zero attached hydrogens (tertiary/aromatic N) is 2. The van der Waals surface area contributed by atoms with Crippen LogP contribution in [0.1, 0.15) is 22.3 Å². The van der Waals surface area contributed by atoms with Crippen LogP contribution in [0.3, 0.4) is 0 Å². The molecule has 12 rings (SSSR count). The lowest BCUT2D eigenvalue weighted by molar-refractivity contribution is 0.768. The Morgan fingerprint density at radius 2 is 0.902 bits per heavy atom. The van der Waals surface area contributed by atoms with E-state index in [2.05, 4.69) is 252 Å². The lowest BCUT2D eigenvalue weighted by Crippen LogP contribution is -2.28. The second-order valence-electron chi connectivity index (χ2n) is 16.1. The summed E-state index contributed by atoms with van der Waals surface area (Å²) in [7, 11) is 0. The summed E-state index contributed by atoms with van der Waals surface area (Å²) in [6.45, 7) is 0. The molecule has 0 amide bonds. The van der Waals surface area contributed by atoms with Crippen LogP contribution in [-0.2, 0) is 5.41 Å². The van der Waals surface area contributed by atoms with Gasteiger partial charge in [0.05, 0.1) is 16.4 Å². The van der Waals surface area contributed by atoms with Crippen LogP contribution in [0, 0.1) is 0 Å². The Labute approximate surface area is 355 Å². The number of aromatic nitrogens is 1. The zero-order valence-corrected chi connectivity index (χ0v) is 33.5. The molecule has 286 valence electrons. The molecular weight excluding hydrogens is 737 g/mol. The highest BCUT2D eigenvalue weighted by atomic mass is 15.1. The van der Waals surface area contributed by atoms with E-state index in [9.17, 15) is 0 Å². The number of hydrogen-bond acceptors (Lipinski definition) is 1. The largest absolute Gasteiger partial charge is 0.310 e. The highest BCUT2D eigenvalue weighted by Gasteiger charge is 2.46. The molecule has 0 saturated heterocycles. The third kappa shape index (κ3) is 5.43. The van der Waals surface area contributed by atoms with Crippen molar-refractivity contribution in [2.75, 3.05) is 4.90 Å². The van der Waals surface area contributed by atoms with E-state index in [4.69, 9.17) is 0 Å². The quantitative estimate of drug-likeness (QED) is 0.156. The number of hydrogen-bond donors (Lipinski definition) is 0. The molecule has 2 nitrogen and oxygen atoms in total. The van der Waals surface area contributed by atoms with Crippen LogP contribution < -0.4 is 4.90 Å². The summed E-state index contributed by atoms with van der Waals surface area (Å²) in [4.78, 5) is 2.41. The Bertz CT molecular complexity index is 3360. The maximum Gasteiger partial charge on any atom is 0.0713 e. The van der Waals surface area contributed by atoms with Gasteiger partial charge in [-0.2, -0.15) is 0 Å². The molecule has 1 aromatic heterocycles. The summed E-state index contributed by atoms with van der Waals surface area (Å²) in [5, 5.41) is 4.91. The van der Waals surface area contributed by atoms with Crippen molar-refractivity contribution in [3.63, 3.8) is 0 Å². The molecule has 61 heavy (non-hydrogen) atoms.